The maximum atomic E-state index is 12.5. The largest absolute Gasteiger partial charge is 0.366 e. The predicted octanol–water partition coefficient (Wildman–Crippen LogP) is 3.15. The second kappa shape index (κ2) is 7.27. The van der Waals surface area contributed by atoms with Gasteiger partial charge in [-0.05, 0) is 24.6 Å². The summed E-state index contributed by atoms with van der Waals surface area (Å²) in [5.74, 6) is -0.666. The fourth-order valence-electron chi connectivity index (χ4n) is 2.41. The number of aromatic nitrogens is 1. The van der Waals surface area contributed by atoms with Crippen LogP contribution in [0.3, 0.4) is 0 Å². The van der Waals surface area contributed by atoms with Crippen molar-refractivity contribution in [3.8, 4) is 10.6 Å². The van der Waals surface area contributed by atoms with Crippen LogP contribution in [0.4, 0.5) is 0 Å². The zero-order valence-electron chi connectivity index (χ0n) is 13.7. The molecule has 0 fully saturated rings. The molecule has 0 saturated heterocycles. The number of hydrogen-bond donors (Lipinski definition) is 2. The second-order valence-electron chi connectivity index (χ2n) is 5.55. The lowest BCUT2D eigenvalue weighted by Crippen LogP contribution is -2.23. The standard InChI is InChI=1S/C19H17N3O2S/c1-12-16(25-19(22-12)14-7-3-2-4-8-14)18(24)21-11-13-6-5-9-15(10-13)17(20)23/h2-10H,11H2,1H3,(H2,20,23)(H,21,24). The molecule has 1 heterocycles. The Balaban J connectivity index is 1.73. The van der Waals surface area contributed by atoms with Crippen molar-refractivity contribution in [2.24, 2.45) is 5.73 Å². The van der Waals surface area contributed by atoms with Gasteiger partial charge in [-0.25, -0.2) is 4.98 Å². The zero-order chi connectivity index (χ0) is 17.8. The molecular formula is C19H17N3O2S. The molecule has 1 aromatic heterocycles. The number of thiazole rings is 1. The number of amides is 2. The van der Waals surface area contributed by atoms with Gasteiger partial charge in [0.15, 0.2) is 0 Å². The molecule has 25 heavy (non-hydrogen) atoms. The highest BCUT2D eigenvalue weighted by molar-refractivity contribution is 7.17. The van der Waals surface area contributed by atoms with Gasteiger partial charge in [0.2, 0.25) is 5.91 Å². The Labute approximate surface area is 149 Å². The van der Waals surface area contributed by atoms with E-state index >= 15 is 0 Å². The van der Waals surface area contributed by atoms with Gasteiger partial charge in [0.05, 0.1) is 5.69 Å². The molecule has 3 aromatic rings. The summed E-state index contributed by atoms with van der Waals surface area (Å²) < 4.78 is 0. The van der Waals surface area contributed by atoms with Crippen LogP contribution in [0.5, 0.6) is 0 Å². The van der Waals surface area contributed by atoms with Gasteiger partial charge in [0.25, 0.3) is 5.91 Å². The lowest BCUT2D eigenvalue weighted by atomic mass is 10.1. The van der Waals surface area contributed by atoms with Crippen molar-refractivity contribution in [1.82, 2.24) is 10.3 Å². The summed E-state index contributed by atoms with van der Waals surface area (Å²) in [6, 6.07) is 16.7. The van der Waals surface area contributed by atoms with Crippen molar-refractivity contribution in [2.75, 3.05) is 0 Å². The van der Waals surface area contributed by atoms with E-state index in [1.165, 1.54) is 11.3 Å². The van der Waals surface area contributed by atoms with Gasteiger partial charge in [-0.2, -0.15) is 0 Å². The molecule has 126 valence electrons. The molecule has 0 aliphatic carbocycles. The molecule has 0 unspecified atom stereocenters. The Morgan fingerprint density at radius 2 is 1.88 bits per heavy atom. The van der Waals surface area contributed by atoms with E-state index in [2.05, 4.69) is 10.3 Å². The quantitative estimate of drug-likeness (QED) is 0.740. The van der Waals surface area contributed by atoms with Gasteiger partial charge in [0, 0.05) is 17.7 Å². The average Bonchev–Trinajstić information content (AvgIpc) is 3.02. The molecule has 6 heteroatoms. The Morgan fingerprint density at radius 3 is 2.60 bits per heavy atom. The number of hydrogen-bond acceptors (Lipinski definition) is 4. The number of primary amides is 1. The molecule has 0 bridgehead atoms. The van der Waals surface area contributed by atoms with Gasteiger partial charge < -0.3 is 11.1 Å². The number of nitrogens with zero attached hydrogens (tertiary/aromatic N) is 1. The SMILES string of the molecule is Cc1nc(-c2ccccc2)sc1C(=O)NCc1cccc(C(N)=O)c1. The van der Waals surface area contributed by atoms with Gasteiger partial charge in [-0.15, -0.1) is 11.3 Å². The lowest BCUT2D eigenvalue weighted by molar-refractivity contribution is 0.0953. The lowest BCUT2D eigenvalue weighted by Gasteiger charge is -2.05. The fourth-order valence-corrected chi connectivity index (χ4v) is 3.40. The summed E-state index contributed by atoms with van der Waals surface area (Å²) in [4.78, 5) is 28.8. The topological polar surface area (TPSA) is 85.1 Å². The zero-order valence-corrected chi connectivity index (χ0v) is 14.5. The highest BCUT2D eigenvalue weighted by Gasteiger charge is 2.16. The van der Waals surface area contributed by atoms with Crippen LogP contribution in [0.25, 0.3) is 10.6 Å². The van der Waals surface area contributed by atoms with Crippen LogP contribution in [-0.4, -0.2) is 16.8 Å². The molecule has 0 aliphatic rings. The Kier molecular flexibility index (Phi) is 4.90. The summed E-state index contributed by atoms with van der Waals surface area (Å²) in [5.41, 5.74) is 8.20. The third kappa shape index (κ3) is 3.92. The van der Waals surface area contributed by atoms with E-state index in [1.54, 1.807) is 18.2 Å². The third-order valence-electron chi connectivity index (χ3n) is 3.69. The van der Waals surface area contributed by atoms with Gasteiger partial charge >= 0.3 is 0 Å². The number of aryl methyl sites for hydroxylation is 1. The van der Waals surface area contributed by atoms with Crippen LogP contribution in [0.2, 0.25) is 0 Å². The summed E-state index contributed by atoms with van der Waals surface area (Å²) >= 11 is 1.37. The minimum atomic E-state index is -0.487. The van der Waals surface area contributed by atoms with E-state index < -0.39 is 5.91 Å². The van der Waals surface area contributed by atoms with Crippen molar-refractivity contribution in [3.63, 3.8) is 0 Å². The van der Waals surface area contributed by atoms with Crippen LogP contribution < -0.4 is 11.1 Å². The maximum Gasteiger partial charge on any atom is 0.263 e. The Morgan fingerprint density at radius 1 is 1.12 bits per heavy atom. The molecule has 2 aromatic carbocycles. The minimum Gasteiger partial charge on any atom is -0.366 e. The first kappa shape index (κ1) is 16.9. The summed E-state index contributed by atoms with van der Waals surface area (Å²) in [7, 11) is 0. The van der Waals surface area contributed by atoms with Gasteiger partial charge in [0.1, 0.15) is 9.88 Å². The average molecular weight is 351 g/mol. The molecule has 5 nitrogen and oxygen atoms in total. The van der Waals surface area contributed by atoms with E-state index in [-0.39, 0.29) is 5.91 Å². The van der Waals surface area contributed by atoms with Crippen molar-refractivity contribution < 1.29 is 9.59 Å². The number of carbonyl (C=O) groups is 2. The van der Waals surface area contributed by atoms with Crippen LogP contribution in [0.1, 0.15) is 31.3 Å². The Bertz CT molecular complexity index is 919. The van der Waals surface area contributed by atoms with Crippen LogP contribution in [-0.2, 0) is 6.54 Å². The number of carbonyl (C=O) groups excluding carboxylic acids is 2. The first-order valence-corrected chi connectivity index (χ1v) is 8.56. The second-order valence-corrected chi connectivity index (χ2v) is 6.55. The van der Waals surface area contributed by atoms with Crippen LogP contribution >= 0.6 is 11.3 Å². The Hall–Kier alpha value is -2.99. The molecule has 3 N–H and O–H groups in total. The van der Waals surface area contributed by atoms with Crippen LogP contribution in [0, 0.1) is 6.92 Å². The first-order valence-electron chi connectivity index (χ1n) is 7.74. The number of benzene rings is 2. The minimum absolute atomic E-state index is 0.179. The van der Waals surface area contributed by atoms with E-state index in [0.717, 1.165) is 16.1 Å². The molecular weight excluding hydrogens is 334 g/mol. The van der Waals surface area contributed by atoms with Crippen molar-refractivity contribution in [3.05, 3.63) is 76.3 Å². The molecule has 0 atom stereocenters. The molecule has 0 spiro atoms. The molecule has 0 radical (unpaired) electrons. The highest BCUT2D eigenvalue weighted by Crippen LogP contribution is 2.27. The van der Waals surface area contributed by atoms with Crippen LogP contribution in [0.15, 0.2) is 54.6 Å². The molecule has 0 saturated carbocycles. The smallest absolute Gasteiger partial charge is 0.263 e. The fraction of sp³-hybridized carbons (Fsp3) is 0.105. The van der Waals surface area contributed by atoms with E-state index in [0.29, 0.717) is 22.7 Å². The summed E-state index contributed by atoms with van der Waals surface area (Å²) in [6.45, 7) is 2.14. The summed E-state index contributed by atoms with van der Waals surface area (Å²) in [6.07, 6.45) is 0. The maximum absolute atomic E-state index is 12.5. The van der Waals surface area contributed by atoms with E-state index in [1.807, 2.05) is 43.3 Å². The van der Waals surface area contributed by atoms with Gasteiger partial charge in [-0.3, -0.25) is 9.59 Å². The third-order valence-corrected chi connectivity index (χ3v) is 4.89. The van der Waals surface area contributed by atoms with Crippen molar-refractivity contribution >= 4 is 23.2 Å². The number of rotatable bonds is 5. The highest BCUT2D eigenvalue weighted by atomic mass is 32.1. The van der Waals surface area contributed by atoms with E-state index in [9.17, 15) is 9.59 Å². The normalized spacial score (nSPS) is 10.4. The van der Waals surface area contributed by atoms with Crippen molar-refractivity contribution in [2.45, 2.75) is 13.5 Å². The summed E-state index contributed by atoms with van der Waals surface area (Å²) in [5, 5.41) is 3.68. The number of nitrogens with two attached hydrogens (primary N) is 1. The number of nitrogens with one attached hydrogen (secondary N) is 1. The predicted molar refractivity (Wildman–Crippen MR) is 98.4 cm³/mol. The first-order chi connectivity index (χ1) is 12.0. The monoisotopic (exact) mass is 351 g/mol. The van der Waals surface area contributed by atoms with Gasteiger partial charge in [-0.1, -0.05) is 42.5 Å². The molecule has 0 aliphatic heterocycles. The van der Waals surface area contributed by atoms with Crippen molar-refractivity contribution in [1.29, 1.82) is 0 Å². The molecule has 3 rings (SSSR count). The van der Waals surface area contributed by atoms with E-state index in [4.69, 9.17) is 5.73 Å². The molecule has 2 amide bonds.